The van der Waals surface area contributed by atoms with E-state index in [1.165, 1.54) is 48.2 Å². The number of hydrogen-bond acceptors (Lipinski definition) is 4. The Morgan fingerprint density at radius 2 is 1.83 bits per heavy atom. The number of nitrogens with zero attached hydrogens (tertiary/aromatic N) is 3. The molecule has 1 saturated heterocycles. The van der Waals surface area contributed by atoms with Gasteiger partial charge < -0.3 is 19.9 Å². The van der Waals surface area contributed by atoms with E-state index in [2.05, 4.69) is 45.1 Å². The summed E-state index contributed by atoms with van der Waals surface area (Å²) in [7, 11) is 0. The second-order valence-corrected chi connectivity index (χ2v) is 9.76. The van der Waals surface area contributed by atoms with E-state index < -0.39 is 11.6 Å². The molecular formula is C27H36F2N4OS. The normalized spacial score (nSPS) is 16.1. The van der Waals surface area contributed by atoms with Crippen LogP contribution >= 0.6 is 12.2 Å². The summed E-state index contributed by atoms with van der Waals surface area (Å²) in [4.78, 5) is 6.96. The lowest BCUT2D eigenvalue weighted by molar-refractivity contribution is 0.0358. The van der Waals surface area contributed by atoms with Gasteiger partial charge in [0.1, 0.15) is 11.6 Å². The van der Waals surface area contributed by atoms with Crippen molar-refractivity contribution in [3.05, 3.63) is 59.2 Å². The lowest BCUT2D eigenvalue weighted by atomic mass is 9.98. The third kappa shape index (κ3) is 7.35. The Hall–Kier alpha value is -2.29. The number of halogens is 2. The molecule has 2 aromatic carbocycles. The monoisotopic (exact) mass is 502 g/mol. The molecule has 2 aromatic rings. The number of ether oxygens (including phenoxy) is 1. The van der Waals surface area contributed by atoms with E-state index in [1.54, 1.807) is 0 Å². The Kier molecular flexibility index (Phi) is 9.29. The molecular weight excluding hydrogens is 466 g/mol. The fraction of sp³-hybridized carbons (Fsp3) is 0.519. The number of unbranched alkanes of at least 4 members (excludes halogenated alkanes) is 1. The molecule has 0 aliphatic carbocycles. The number of rotatable bonds is 9. The Balaban J connectivity index is 1.48. The molecule has 0 spiro atoms. The Bertz CT molecular complexity index is 979. The number of hydrogen-bond donors (Lipinski definition) is 1. The summed E-state index contributed by atoms with van der Waals surface area (Å²) < 4.78 is 32.9. The fourth-order valence-electron chi connectivity index (χ4n) is 4.80. The number of fused-ring (bicyclic) bond motifs is 1. The highest BCUT2D eigenvalue weighted by Crippen LogP contribution is 2.29. The van der Waals surface area contributed by atoms with Crippen LogP contribution in [0, 0.1) is 11.6 Å². The molecule has 0 aromatic heterocycles. The zero-order chi connectivity index (χ0) is 24.6. The molecule has 0 bridgehead atoms. The Morgan fingerprint density at radius 3 is 2.57 bits per heavy atom. The van der Waals surface area contributed by atoms with Gasteiger partial charge in [-0.25, -0.2) is 8.78 Å². The number of aryl methyl sites for hydroxylation is 1. The van der Waals surface area contributed by atoms with Crippen molar-refractivity contribution < 1.29 is 13.5 Å². The second kappa shape index (κ2) is 12.6. The molecule has 0 radical (unpaired) electrons. The average Bonchev–Trinajstić information content (AvgIpc) is 2.85. The van der Waals surface area contributed by atoms with Crippen molar-refractivity contribution in [3.8, 4) is 0 Å². The zero-order valence-corrected chi connectivity index (χ0v) is 21.4. The summed E-state index contributed by atoms with van der Waals surface area (Å²) in [6.07, 6.45) is 4.66. The number of thiocarbonyl (C=S) groups is 1. The third-order valence-corrected chi connectivity index (χ3v) is 7.06. The summed E-state index contributed by atoms with van der Waals surface area (Å²) in [5.74, 6) is -1.25. The van der Waals surface area contributed by atoms with Crippen LogP contribution in [0.3, 0.4) is 0 Å². The van der Waals surface area contributed by atoms with Gasteiger partial charge >= 0.3 is 0 Å². The van der Waals surface area contributed by atoms with E-state index in [4.69, 9.17) is 17.0 Å². The predicted molar refractivity (Wildman–Crippen MR) is 142 cm³/mol. The molecule has 8 heteroatoms. The maximum atomic E-state index is 13.7. The first kappa shape index (κ1) is 25.8. The van der Waals surface area contributed by atoms with Gasteiger partial charge in [-0.1, -0.05) is 25.5 Å². The van der Waals surface area contributed by atoms with Crippen molar-refractivity contribution in [2.24, 2.45) is 0 Å². The largest absolute Gasteiger partial charge is 0.379 e. The minimum Gasteiger partial charge on any atom is -0.379 e. The van der Waals surface area contributed by atoms with Crippen molar-refractivity contribution in [1.29, 1.82) is 0 Å². The van der Waals surface area contributed by atoms with E-state index in [0.29, 0.717) is 23.9 Å². The molecule has 2 aliphatic heterocycles. The van der Waals surface area contributed by atoms with Crippen LogP contribution in [0.4, 0.5) is 20.2 Å². The van der Waals surface area contributed by atoms with Crippen LogP contribution in [0.1, 0.15) is 37.3 Å². The zero-order valence-electron chi connectivity index (χ0n) is 20.6. The molecule has 2 heterocycles. The highest BCUT2D eigenvalue weighted by Gasteiger charge is 2.19. The van der Waals surface area contributed by atoms with E-state index >= 15 is 0 Å². The molecule has 0 unspecified atom stereocenters. The van der Waals surface area contributed by atoms with Gasteiger partial charge in [-0.2, -0.15) is 0 Å². The second-order valence-electron chi connectivity index (χ2n) is 9.37. The molecule has 0 atom stereocenters. The summed E-state index contributed by atoms with van der Waals surface area (Å²) in [6.45, 7) is 9.93. The smallest absolute Gasteiger partial charge is 0.173 e. The SMILES string of the molecule is CCCCN1CCCc2cc(CN(CCN3CCOCC3)C(=S)Nc3cc(F)cc(F)c3)ccc21. The highest BCUT2D eigenvalue weighted by molar-refractivity contribution is 7.80. The molecule has 190 valence electrons. The molecule has 0 saturated carbocycles. The summed E-state index contributed by atoms with van der Waals surface area (Å²) >= 11 is 5.72. The average molecular weight is 503 g/mol. The van der Waals surface area contributed by atoms with Gasteiger partial charge in [0.15, 0.2) is 5.11 Å². The lowest BCUT2D eigenvalue weighted by Gasteiger charge is -2.33. The van der Waals surface area contributed by atoms with Crippen LogP contribution in [-0.2, 0) is 17.7 Å². The number of morpholine rings is 1. The van der Waals surface area contributed by atoms with Crippen LogP contribution in [0.2, 0.25) is 0 Å². The first-order valence-corrected chi connectivity index (χ1v) is 13.1. The van der Waals surface area contributed by atoms with E-state index in [-0.39, 0.29) is 0 Å². The maximum absolute atomic E-state index is 13.7. The van der Waals surface area contributed by atoms with E-state index in [1.807, 2.05) is 0 Å². The fourth-order valence-corrected chi connectivity index (χ4v) is 5.07. The van der Waals surface area contributed by atoms with Gasteiger partial charge in [0.05, 0.1) is 13.2 Å². The summed E-state index contributed by atoms with van der Waals surface area (Å²) in [5, 5.41) is 3.51. The Morgan fingerprint density at radius 1 is 1.06 bits per heavy atom. The van der Waals surface area contributed by atoms with Crippen LogP contribution in [0.15, 0.2) is 36.4 Å². The predicted octanol–water partition coefficient (Wildman–Crippen LogP) is 5.05. The van der Waals surface area contributed by atoms with Crippen molar-refractivity contribution in [1.82, 2.24) is 9.80 Å². The van der Waals surface area contributed by atoms with Gasteiger partial charge in [0.25, 0.3) is 0 Å². The maximum Gasteiger partial charge on any atom is 0.173 e. The molecule has 35 heavy (non-hydrogen) atoms. The highest BCUT2D eigenvalue weighted by atomic mass is 32.1. The van der Waals surface area contributed by atoms with Crippen molar-refractivity contribution in [2.75, 3.05) is 62.7 Å². The molecule has 0 amide bonds. The molecule has 5 nitrogen and oxygen atoms in total. The van der Waals surface area contributed by atoms with Gasteiger partial charge in [-0.3, -0.25) is 4.90 Å². The van der Waals surface area contributed by atoms with Gasteiger partial charge in [-0.05, 0) is 60.8 Å². The molecule has 4 rings (SSSR count). The van der Waals surface area contributed by atoms with Gasteiger partial charge in [0, 0.05) is 63.3 Å². The Labute approximate surface area is 213 Å². The van der Waals surface area contributed by atoms with E-state index in [0.717, 1.165) is 58.4 Å². The van der Waals surface area contributed by atoms with Crippen LogP contribution in [0.5, 0.6) is 0 Å². The first-order valence-electron chi connectivity index (χ1n) is 12.7. The standard InChI is InChI=1S/C27H36F2N4OS/c1-2-3-8-32-9-4-5-22-16-21(6-7-26(22)32)20-33(11-10-31-12-14-34-15-13-31)27(35)30-25-18-23(28)17-24(29)19-25/h6-7,16-19H,2-5,8-15,20H2,1H3,(H,30,35). The first-order chi connectivity index (χ1) is 17.0. The molecule has 1 fully saturated rings. The van der Waals surface area contributed by atoms with Crippen molar-refractivity contribution in [2.45, 2.75) is 39.2 Å². The minimum absolute atomic E-state index is 0.320. The van der Waals surface area contributed by atoms with Crippen LogP contribution < -0.4 is 10.2 Å². The van der Waals surface area contributed by atoms with Gasteiger partial charge in [0.2, 0.25) is 0 Å². The number of nitrogens with one attached hydrogen (secondary N) is 1. The number of benzene rings is 2. The topological polar surface area (TPSA) is 31.0 Å². The van der Waals surface area contributed by atoms with Gasteiger partial charge in [-0.15, -0.1) is 0 Å². The third-order valence-electron chi connectivity index (χ3n) is 6.70. The summed E-state index contributed by atoms with van der Waals surface area (Å²) in [5.41, 5.74) is 4.26. The minimum atomic E-state index is -0.627. The van der Waals surface area contributed by atoms with E-state index in [9.17, 15) is 8.78 Å². The summed E-state index contributed by atoms with van der Waals surface area (Å²) in [6, 6.07) is 10.1. The molecule has 2 aliphatic rings. The van der Waals surface area contributed by atoms with Crippen molar-refractivity contribution >= 4 is 28.7 Å². The van der Waals surface area contributed by atoms with Crippen molar-refractivity contribution in [3.63, 3.8) is 0 Å². The lowest BCUT2D eigenvalue weighted by Crippen LogP contribution is -2.44. The molecule has 1 N–H and O–H groups in total. The van der Waals surface area contributed by atoms with Crippen LogP contribution in [0.25, 0.3) is 0 Å². The quantitative estimate of drug-likeness (QED) is 0.483. The van der Waals surface area contributed by atoms with Crippen LogP contribution in [-0.4, -0.2) is 67.4 Å². The number of anilines is 2.